The van der Waals surface area contributed by atoms with E-state index in [1.807, 2.05) is 18.2 Å². The van der Waals surface area contributed by atoms with Gasteiger partial charge in [-0.15, -0.1) is 11.3 Å². The van der Waals surface area contributed by atoms with E-state index in [2.05, 4.69) is 51.0 Å². The maximum Gasteiger partial charge on any atom is 0.191 e. The minimum Gasteiger partial charge on any atom is -0.492 e. The van der Waals surface area contributed by atoms with Crippen molar-refractivity contribution in [2.75, 3.05) is 53.0 Å². The molecule has 2 heterocycles. The molecule has 0 spiro atoms. The fraction of sp³-hybridized carbons (Fsp3) is 0.476. The molecule has 0 radical (unpaired) electrons. The first-order valence-electron chi connectivity index (χ1n) is 9.75. The minimum atomic E-state index is 0.325. The zero-order chi connectivity index (χ0) is 19.6. The molecule has 0 amide bonds. The minimum absolute atomic E-state index is 0.325. The van der Waals surface area contributed by atoms with E-state index in [4.69, 9.17) is 9.47 Å². The van der Waals surface area contributed by atoms with Gasteiger partial charge in [-0.2, -0.15) is 0 Å². The third-order valence-electron chi connectivity index (χ3n) is 4.70. The molecule has 7 heteroatoms. The average molecular weight is 403 g/mol. The van der Waals surface area contributed by atoms with E-state index in [9.17, 15) is 0 Å². The van der Waals surface area contributed by atoms with E-state index in [0.29, 0.717) is 19.2 Å². The molecule has 0 aliphatic carbocycles. The lowest BCUT2D eigenvalue weighted by Crippen LogP contribution is -2.46. The van der Waals surface area contributed by atoms with E-state index in [1.54, 1.807) is 18.4 Å². The Morgan fingerprint density at radius 1 is 1.25 bits per heavy atom. The summed E-state index contributed by atoms with van der Waals surface area (Å²) in [6.45, 7) is 7.66. The highest BCUT2D eigenvalue weighted by Crippen LogP contribution is 2.25. The quantitative estimate of drug-likeness (QED) is 0.404. The van der Waals surface area contributed by atoms with Crippen LogP contribution in [0.1, 0.15) is 16.5 Å². The number of morpholine rings is 1. The van der Waals surface area contributed by atoms with Crippen LogP contribution in [0.15, 0.2) is 46.8 Å². The van der Waals surface area contributed by atoms with E-state index < -0.39 is 0 Å². The molecular weight excluding hydrogens is 372 g/mol. The molecule has 0 saturated carbocycles. The summed E-state index contributed by atoms with van der Waals surface area (Å²) in [5.41, 5.74) is 1.20. The summed E-state index contributed by atoms with van der Waals surface area (Å²) >= 11 is 1.80. The van der Waals surface area contributed by atoms with Crippen molar-refractivity contribution >= 4 is 17.3 Å². The summed E-state index contributed by atoms with van der Waals surface area (Å²) in [6.07, 6.45) is 0. The SMILES string of the molecule is CN=C(NCCOc1cccc(C)c1)NCC(c1cccs1)N1CCOCC1. The van der Waals surface area contributed by atoms with Crippen LogP contribution in [0.2, 0.25) is 0 Å². The number of aliphatic imine (C=N–C) groups is 1. The smallest absolute Gasteiger partial charge is 0.191 e. The van der Waals surface area contributed by atoms with Gasteiger partial charge in [0, 0.05) is 31.6 Å². The first-order valence-corrected chi connectivity index (χ1v) is 10.6. The summed E-state index contributed by atoms with van der Waals surface area (Å²) in [7, 11) is 1.80. The molecule has 3 rings (SSSR count). The van der Waals surface area contributed by atoms with Crippen LogP contribution in [0.5, 0.6) is 5.75 Å². The fourth-order valence-corrected chi connectivity index (χ4v) is 4.10. The third kappa shape index (κ3) is 6.22. The molecule has 1 aliphatic rings. The van der Waals surface area contributed by atoms with E-state index in [0.717, 1.165) is 44.6 Å². The first-order chi connectivity index (χ1) is 13.8. The molecule has 1 atom stereocenters. The number of rotatable bonds is 8. The summed E-state index contributed by atoms with van der Waals surface area (Å²) in [4.78, 5) is 8.19. The molecule has 1 fully saturated rings. The molecule has 2 N–H and O–H groups in total. The zero-order valence-corrected chi connectivity index (χ0v) is 17.5. The monoisotopic (exact) mass is 402 g/mol. The topological polar surface area (TPSA) is 58.1 Å². The Kier molecular flexibility index (Phi) is 8.14. The van der Waals surface area contributed by atoms with Crippen LogP contribution in [-0.2, 0) is 4.74 Å². The van der Waals surface area contributed by atoms with Crippen LogP contribution in [-0.4, -0.2) is 63.9 Å². The predicted molar refractivity (Wildman–Crippen MR) is 115 cm³/mol. The van der Waals surface area contributed by atoms with Crippen LogP contribution in [0.3, 0.4) is 0 Å². The van der Waals surface area contributed by atoms with E-state index in [1.165, 1.54) is 10.4 Å². The predicted octanol–water partition coefficient (Wildman–Crippen LogP) is 2.67. The Labute approximate surface area is 171 Å². The van der Waals surface area contributed by atoms with Crippen molar-refractivity contribution in [1.29, 1.82) is 0 Å². The van der Waals surface area contributed by atoms with Gasteiger partial charge in [-0.05, 0) is 36.1 Å². The van der Waals surface area contributed by atoms with Crippen LogP contribution < -0.4 is 15.4 Å². The molecule has 1 aromatic heterocycles. The van der Waals surface area contributed by atoms with Gasteiger partial charge in [0.1, 0.15) is 12.4 Å². The second kappa shape index (κ2) is 11.0. The Bertz CT molecular complexity index is 730. The van der Waals surface area contributed by atoms with Crippen molar-refractivity contribution in [2.24, 2.45) is 4.99 Å². The van der Waals surface area contributed by atoms with Crippen molar-refractivity contribution in [2.45, 2.75) is 13.0 Å². The molecule has 0 bridgehead atoms. The Balaban J connectivity index is 1.46. The zero-order valence-electron chi connectivity index (χ0n) is 16.7. The molecule has 6 nitrogen and oxygen atoms in total. The summed E-state index contributed by atoms with van der Waals surface area (Å²) in [6, 6.07) is 12.7. The lowest BCUT2D eigenvalue weighted by Gasteiger charge is -2.34. The number of guanidine groups is 1. The fourth-order valence-electron chi connectivity index (χ4n) is 3.24. The number of nitrogens with one attached hydrogen (secondary N) is 2. The van der Waals surface area contributed by atoms with Crippen LogP contribution in [0, 0.1) is 6.92 Å². The van der Waals surface area contributed by atoms with E-state index in [-0.39, 0.29) is 0 Å². The molecule has 1 saturated heterocycles. The van der Waals surface area contributed by atoms with Crippen molar-refractivity contribution < 1.29 is 9.47 Å². The largest absolute Gasteiger partial charge is 0.492 e. The van der Waals surface area contributed by atoms with Gasteiger partial charge < -0.3 is 20.1 Å². The number of thiophene rings is 1. The van der Waals surface area contributed by atoms with E-state index >= 15 is 0 Å². The van der Waals surface area contributed by atoms with Crippen molar-refractivity contribution in [1.82, 2.24) is 15.5 Å². The average Bonchev–Trinajstić information content (AvgIpc) is 3.25. The second-order valence-electron chi connectivity index (χ2n) is 6.72. The van der Waals surface area contributed by atoms with Gasteiger partial charge in [0.15, 0.2) is 5.96 Å². The standard InChI is InChI=1S/C21H30N4O2S/c1-17-5-3-6-18(15-17)27-11-8-23-21(22-2)24-16-19(20-7-4-14-28-20)25-9-12-26-13-10-25/h3-7,14-15,19H,8-13,16H2,1-2H3,(H2,22,23,24). The number of ether oxygens (including phenoxy) is 2. The summed E-state index contributed by atoms with van der Waals surface area (Å²) in [5.74, 6) is 1.69. The van der Waals surface area contributed by atoms with Crippen LogP contribution in [0.4, 0.5) is 0 Å². The third-order valence-corrected chi connectivity index (χ3v) is 5.67. The summed E-state index contributed by atoms with van der Waals surface area (Å²) < 4.78 is 11.3. The van der Waals surface area contributed by atoms with Crippen molar-refractivity contribution in [3.05, 3.63) is 52.2 Å². The van der Waals surface area contributed by atoms with Crippen molar-refractivity contribution in [3.8, 4) is 5.75 Å². The highest BCUT2D eigenvalue weighted by atomic mass is 32.1. The second-order valence-corrected chi connectivity index (χ2v) is 7.70. The number of hydrogen-bond acceptors (Lipinski definition) is 5. The highest BCUT2D eigenvalue weighted by Gasteiger charge is 2.23. The molecule has 1 aromatic carbocycles. The number of nitrogens with zero attached hydrogens (tertiary/aromatic N) is 2. The molecule has 2 aromatic rings. The molecule has 152 valence electrons. The molecule has 28 heavy (non-hydrogen) atoms. The van der Waals surface area contributed by atoms with Gasteiger partial charge in [0.25, 0.3) is 0 Å². The van der Waals surface area contributed by atoms with Gasteiger partial charge in [0.05, 0.1) is 25.8 Å². The lowest BCUT2D eigenvalue weighted by atomic mass is 10.2. The van der Waals surface area contributed by atoms with Gasteiger partial charge in [-0.3, -0.25) is 9.89 Å². The highest BCUT2D eigenvalue weighted by molar-refractivity contribution is 7.10. The van der Waals surface area contributed by atoms with Crippen LogP contribution in [0.25, 0.3) is 0 Å². The summed E-state index contributed by atoms with van der Waals surface area (Å²) in [5, 5.41) is 8.94. The number of hydrogen-bond donors (Lipinski definition) is 2. The van der Waals surface area contributed by atoms with Crippen LogP contribution >= 0.6 is 11.3 Å². The Morgan fingerprint density at radius 2 is 2.11 bits per heavy atom. The number of aryl methyl sites for hydroxylation is 1. The van der Waals surface area contributed by atoms with Crippen molar-refractivity contribution in [3.63, 3.8) is 0 Å². The Morgan fingerprint density at radius 3 is 2.82 bits per heavy atom. The first kappa shape index (κ1) is 20.6. The van der Waals surface area contributed by atoms with Gasteiger partial charge in [0.2, 0.25) is 0 Å². The van der Waals surface area contributed by atoms with Gasteiger partial charge in [-0.1, -0.05) is 18.2 Å². The lowest BCUT2D eigenvalue weighted by molar-refractivity contribution is 0.0177. The molecular formula is C21H30N4O2S. The van der Waals surface area contributed by atoms with Gasteiger partial charge >= 0.3 is 0 Å². The molecule has 1 aliphatic heterocycles. The maximum atomic E-state index is 5.80. The Hall–Kier alpha value is -2.09. The maximum absolute atomic E-state index is 5.80. The normalized spacial score (nSPS) is 16.6. The molecule has 1 unspecified atom stereocenters. The van der Waals surface area contributed by atoms with Gasteiger partial charge in [-0.25, -0.2) is 0 Å². The number of benzene rings is 1.